The summed E-state index contributed by atoms with van der Waals surface area (Å²) in [5.74, 6) is -1.88. The Morgan fingerprint density at radius 1 is 0.909 bits per heavy atom. The van der Waals surface area contributed by atoms with E-state index in [1.807, 2.05) is 13.8 Å². The summed E-state index contributed by atoms with van der Waals surface area (Å²) in [5.41, 5.74) is -0.581. The normalized spacial score (nSPS) is 27.9. The molecule has 9 nitrogen and oxygen atoms in total. The molecule has 7 atom stereocenters. The van der Waals surface area contributed by atoms with Gasteiger partial charge in [0.1, 0.15) is 24.4 Å². The standard InChI is InChI=1S/C24H46O9/c1-16(22(29)30)17(32-23-21(28)20(27)19(26)18(15-25)33-23)13-11-9-7-5-4-6-8-10-12-14-24(2,3)31/h16-21,23,25-28,31H,4-15H2,1-3H3,(H,29,30). The number of carbonyl (C=O) groups is 1. The van der Waals surface area contributed by atoms with Crippen LogP contribution < -0.4 is 0 Å². The molecule has 0 spiro atoms. The Morgan fingerprint density at radius 3 is 1.91 bits per heavy atom. The molecule has 0 radical (unpaired) electrons. The minimum atomic E-state index is -1.56. The van der Waals surface area contributed by atoms with Gasteiger partial charge in [0.05, 0.1) is 24.2 Å². The smallest absolute Gasteiger partial charge is 0.308 e. The molecule has 1 aliphatic heterocycles. The molecule has 0 aromatic carbocycles. The summed E-state index contributed by atoms with van der Waals surface area (Å²) < 4.78 is 11.1. The van der Waals surface area contributed by atoms with Crippen molar-refractivity contribution < 1.29 is 44.9 Å². The number of carboxylic acids is 1. The largest absolute Gasteiger partial charge is 0.481 e. The van der Waals surface area contributed by atoms with Gasteiger partial charge >= 0.3 is 5.97 Å². The number of hydrogen-bond donors (Lipinski definition) is 6. The van der Waals surface area contributed by atoms with Crippen LogP contribution in [-0.2, 0) is 14.3 Å². The number of aliphatic carboxylic acids is 1. The molecule has 0 saturated carbocycles. The number of ether oxygens (including phenoxy) is 2. The van der Waals surface area contributed by atoms with Gasteiger partial charge in [0.15, 0.2) is 6.29 Å². The van der Waals surface area contributed by atoms with E-state index in [0.717, 1.165) is 51.4 Å². The Morgan fingerprint density at radius 2 is 1.42 bits per heavy atom. The lowest BCUT2D eigenvalue weighted by Crippen LogP contribution is -2.60. The molecule has 0 amide bonds. The average molecular weight is 479 g/mol. The monoisotopic (exact) mass is 478 g/mol. The van der Waals surface area contributed by atoms with Crippen LogP contribution in [-0.4, -0.2) is 85.6 Å². The minimum absolute atomic E-state index is 0.458. The first-order chi connectivity index (χ1) is 15.5. The van der Waals surface area contributed by atoms with E-state index in [0.29, 0.717) is 6.42 Å². The Labute approximate surface area is 197 Å². The van der Waals surface area contributed by atoms with Crippen LogP contribution in [0.5, 0.6) is 0 Å². The summed E-state index contributed by atoms with van der Waals surface area (Å²) in [4.78, 5) is 11.5. The van der Waals surface area contributed by atoms with Gasteiger partial charge in [0.25, 0.3) is 0 Å². The summed E-state index contributed by atoms with van der Waals surface area (Å²) in [6, 6.07) is 0. The maximum atomic E-state index is 11.5. The average Bonchev–Trinajstić information content (AvgIpc) is 2.75. The zero-order valence-corrected chi connectivity index (χ0v) is 20.4. The highest BCUT2D eigenvalue weighted by Crippen LogP contribution is 2.26. The third-order valence-electron chi connectivity index (χ3n) is 6.38. The number of aliphatic hydroxyl groups excluding tert-OH is 4. The molecule has 0 aliphatic carbocycles. The molecular formula is C24H46O9. The number of carboxylic acid groups (broad SMARTS) is 1. The van der Waals surface area contributed by atoms with Crippen molar-refractivity contribution in [1.82, 2.24) is 0 Å². The second-order valence-electron chi connectivity index (χ2n) is 10.0. The number of hydrogen-bond acceptors (Lipinski definition) is 8. The van der Waals surface area contributed by atoms with Gasteiger partial charge in [0.2, 0.25) is 0 Å². The van der Waals surface area contributed by atoms with Gasteiger partial charge in [-0.3, -0.25) is 4.79 Å². The van der Waals surface area contributed by atoms with Crippen LogP contribution in [0.3, 0.4) is 0 Å². The summed E-state index contributed by atoms with van der Waals surface area (Å²) in [7, 11) is 0. The van der Waals surface area contributed by atoms with Crippen molar-refractivity contribution in [2.75, 3.05) is 6.61 Å². The van der Waals surface area contributed by atoms with Crippen molar-refractivity contribution in [1.29, 1.82) is 0 Å². The third kappa shape index (κ3) is 11.4. The van der Waals surface area contributed by atoms with E-state index in [2.05, 4.69) is 0 Å². The van der Waals surface area contributed by atoms with Crippen LogP contribution in [0.2, 0.25) is 0 Å². The maximum Gasteiger partial charge on any atom is 0.308 e. The second kappa shape index (κ2) is 15.2. The number of rotatable bonds is 17. The molecule has 1 heterocycles. The molecule has 7 unspecified atom stereocenters. The van der Waals surface area contributed by atoms with Crippen molar-refractivity contribution in [3.05, 3.63) is 0 Å². The Kier molecular flexibility index (Phi) is 14.0. The fourth-order valence-corrected chi connectivity index (χ4v) is 4.09. The van der Waals surface area contributed by atoms with E-state index in [4.69, 9.17) is 9.47 Å². The first-order valence-electron chi connectivity index (χ1n) is 12.4. The van der Waals surface area contributed by atoms with Gasteiger partial charge in [-0.1, -0.05) is 57.8 Å². The molecule has 9 heteroatoms. The van der Waals surface area contributed by atoms with Crippen LogP contribution in [0.1, 0.15) is 91.4 Å². The zero-order chi connectivity index (χ0) is 25.0. The highest BCUT2D eigenvalue weighted by atomic mass is 16.7. The summed E-state index contributed by atoms with van der Waals surface area (Å²) >= 11 is 0. The summed E-state index contributed by atoms with van der Waals surface area (Å²) in [6.07, 6.45) is 3.04. The Hall–Kier alpha value is -0.810. The van der Waals surface area contributed by atoms with Gasteiger partial charge in [-0.25, -0.2) is 0 Å². The molecular weight excluding hydrogens is 432 g/mol. The lowest BCUT2D eigenvalue weighted by Gasteiger charge is -2.41. The minimum Gasteiger partial charge on any atom is -0.481 e. The van der Waals surface area contributed by atoms with Crippen LogP contribution in [0, 0.1) is 5.92 Å². The zero-order valence-electron chi connectivity index (χ0n) is 20.4. The van der Waals surface area contributed by atoms with E-state index in [9.17, 15) is 35.4 Å². The molecule has 1 rings (SSSR count). The molecule has 0 aromatic heterocycles. The highest BCUT2D eigenvalue weighted by Gasteiger charge is 2.45. The first-order valence-corrected chi connectivity index (χ1v) is 12.4. The number of aliphatic hydroxyl groups is 5. The predicted octanol–water partition coefficient (Wildman–Crippen LogP) is 1.95. The fraction of sp³-hybridized carbons (Fsp3) is 0.958. The summed E-state index contributed by atoms with van der Waals surface area (Å²) in [5, 5.41) is 58.4. The first kappa shape index (κ1) is 30.2. The third-order valence-corrected chi connectivity index (χ3v) is 6.38. The molecule has 6 N–H and O–H groups in total. The van der Waals surface area contributed by atoms with Crippen LogP contribution >= 0.6 is 0 Å². The van der Waals surface area contributed by atoms with Crippen molar-refractivity contribution in [2.45, 2.75) is 134 Å². The molecule has 0 bridgehead atoms. The molecule has 196 valence electrons. The van der Waals surface area contributed by atoms with Crippen molar-refractivity contribution in [3.63, 3.8) is 0 Å². The van der Waals surface area contributed by atoms with Gasteiger partial charge in [-0.15, -0.1) is 0 Å². The van der Waals surface area contributed by atoms with Gasteiger partial charge in [-0.2, -0.15) is 0 Å². The maximum absolute atomic E-state index is 11.5. The van der Waals surface area contributed by atoms with Gasteiger partial charge in [0, 0.05) is 0 Å². The van der Waals surface area contributed by atoms with Gasteiger partial charge < -0.3 is 40.1 Å². The molecule has 33 heavy (non-hydrogen) atoms. The molecule has 1 fully saturated rings. The SMILES string of the molecule is CC(C(=O)O)C(CCCCCCCCCCCC(C)(C)O)OC1OC(CO)C(O)C(O)C1O. The van der Waals surface area contributed by atoms with E-state index in [-0.39, 0.29) is 0 Å². The van der Waals surface area contributed by atoms with E-state index in [1.54, 1.807) is 0 Å². The van der Waals surface area contributed by atoms with Crippen LogP contribution in [0.4, 0.5) is 0 Å². The van der Waals surface area contributed by atoms with Gasteiger partial charge in [-0.05, 0) is 33.6 Å². The highest BCUT2D eigenvalue weighted by molar-refractivity contribution is 5.70. The predicted molar refractivity (Wildman–Crippen MR) is 123 cm³/mol. The van der Waals surface area contributed by atoms with E-state index >= 15 is 0 Å². The van der Waals surface area contributed by atoms with Crippen molar-refractivity contribution in [2.24, 2.45) is 5.92 Å². The van der Waals surface area contributed by atoms with Crippen molar-refractivity contribution in [3.8, 4) is 0 Å². The number of unbranched alkanes of at least 4 members (excludes halogenated alkanes) is 8. The fourth-order valence-electron chi connectivity index (χ4n) is 4.09. The van der Waals surface area contributed by atoms with Crippen LogP contribution in [0.25, 0.3) is 0 Å². The molecule has 1 aliphatic rings. The molecule has 1 saturated heterocycles. The Balaban J connectivity index is 2.34. The Bertz CT molecular complexity index is 535. The van der Waals surface area contributed by atoms with E-state index < -0.39 is 60.9 Å². The lowest BCUT2D eigenvalue weighted by atomic mass is 9.96. The topological polar surface area (TPSA) is 157 Å². The summed E-state index contributed by atoms with van der Waals surface area (Å²) in [6.45, 7) is 4.63. The van der Waals surface area contributed by atoms with E-state index in [1.165, 1.54) is 19.8 Å². The van der Waals surface area contributed by atoms with Crippen LogP contribution in [0.15, 0.2) is 0 Å². The quantitative estimate of drug-likeness (QED) is 0.172. The second-order valence-corrected chi connectivity index (χ2v) is 10.0. The molecule has 0 aromatic rings. The lowest BCUT2D eigenvalue weighted by molar-refractivity contribution is -0.314. The van der Waals surface area contributed by atoms with Crippen molar-refractivity contribution >= 4 is 5.97 Å².